The maximum Gasteiger partial charge on any atom is 0.161 e. The standard InChI is InChI=1S/C8H13NO2/c1-7(3-4-9)8-10-5-2-6-11-8/h7-8H,2-3,5-6H2,1H3. The second-order valence-electron chi connectivity index (χ2n) is 2.80. The van der Waals surface area contributed by atoms with E-state index in [1.54, 1.807) is 0 Å². The van der Waals surface area contributed by atoms with Crippen LogP contribution in [0.1, 0.15) is 19.8 Å². The third-order valence-electron chi connectivity index (χ3n) is 1.73. The maximum atomic E-state index is 8.41. The molecule has 0 saturated carbocycles. The molecule has 1 unspecified atom stereocenters. The lowest BCUT2D eigenvalue weighted by atomic mass is 10.1. The Morgan fingerprint density at radius 2 is 2.18 bits per heavy atom. The first-order valence-corrected chi connectivity index (χ1v) is 3.94. The molecule has 1 heterocycles. The van der Waals surface area contributed by atoms with Crippen LogP contribution in [0.4, 0.5) is 0 Å². The van der Waals surface area contributed by atoms with Gasteiger partial charge < -0.3 is 9.47 Å². The quantitative estimate of drug-likeness (QED) is 0.603. The van der Waals surface area contributed by atoms with Crippen molar-refractivity contribution in [1.82, 2.24) is 0 Å². The van der Waals surface area contributed by atoms with Crippen LogP contribution in [0.5, 0.6) is 0 Å². The lowest BCUT2D eigenvalue weighted by molar-refractivity contribution is -0.201. The second kappa shape index (κ2) is 4.32. The van der Waals surface area contributed by atoms with Crippen molar-refractivity contribution in [3.63, 3.8) is 0 Å². The van der Waals surface area contributed by atoms with Crippen molar-refractivity contribution in [2.45, 2.75) is 26.1 Å². The summed E-state index contributed by atoms with van der Waals surface area (Å²) in [6.07, 6.45) is 1.32. The van der Waals surface area contributed by atoms with Gasteiger partial charge in [-0.1, -0.05) is 6.92 Å². The maximum absolute atomic E-state index is 8.41. The minimum atomic E-state index is -0.150. The Bertz CT molecular complexity index is 147. The summed E-state index contributed by atoms with van der Waals surface area (Å²) in [7, 11) is 0. The van der Waals surface area contributed by atoms with Gasteiger partial charge >= 0.3 is 0 Å². The van der Waals surface area contributed by atoms with Gasteiger partial charge in [-0.25, -0.2) is 0 Å². The van der Waals surface area contributed by atoms with E-state index in [0.717, 1.165) is 19.6 Å². The Kier molecular flexibility index (Phi) is 3.34. The van der Waals surface area contributed by atoms with E-state index < -0.39 is 0 Å². The molecule has 11 heavy (non-hydrogen) atoms. The highest BCUT2D eigenvalue weighted by Crippen LogP contribution is 2.16. The molecule has 0 aliphatic carbocycles. The SMILES string of the molecule is CC(CC#N)C1OCCCO1. The second-order valence-corrected chi connectivity index (χ2v) is 2.80. The Morgan fingerprint density at radius 3 is 2.73 bits per heavy atom. The van der Waals surface area contributed by atoms with Crippen LogP contribution >= 0.6 is 0 Å². The third kappa shape index (κ3) is 2.49. The molecule has 0 aromatic heterocycles. The smallest absolute Gasteiger partial charge is 0.161 e. The Morgan fingerprint density at radius 1 is 1.55 bits per heavy atom. The van der Waals surface area contributed by atoms with Crippen molar-refractivity contribution in [2.24, 2.45) is 5.92 Å². The lowest BCUT2D eigenvalue weighted by Crippen LogP contribution is -2.30. The van der Waals surface area contributed by atoms with Gasteiger partial charge in [-0.05, 0) is 6.42 Å². The normalized spacial score (nSPS) is 22.5. The van der Waals surface area contributed by atoms with E-state index in [1.807, 2.05) is 6.92 Å². The Labute approximate surface area is 66.9 Å². The molecule has 1 fully saturated rings. The van der Waals surface area contributed by atoms with E-state index in [4.69, 9.17) is 14.7 Å². The topological polar surface area (TPSA) is 42.2 Å². The van der Waals surface area contributed by atoms with Gasteiger partial charge in [-0.15, -0.1) is 0 Å². The number of ether oxygens (including phenoxy) is 2. The van der Waals surface area contributed by atoms with Gasteiger partial charge in [0.2, 0.25) is 0 Å². The zero-order chi connectivity index (χ0) is 8.10. The molecule has 0 amide bonds. The van der Waals surface area contributed by atoms with Crippen molar-refractivity contribution in [3.05, 3.63) is 0 Å². The summed E-state index contributed by atoms with van der Waals surface area (Å²) in [6, 6.07) is 2.10. The Hall–Kier alpha value is -0.590. The highest BCUT2D eigenvalue weighted by molar-refractivity contribution is 4.75. The minimum absolute atomic E-state index is 0.150. The van der Waals surface area contributed by atoms with Gasteiger partial charge in [-0.3, -0.25) is 0 Å². The molecule has 3 heteroatoms. The monoisotopic (exact) mass is 155 g/mol. The molecule has 1 aliphatic rings. The number of hydrogen-bond donors (Lipinski definition) is 0. The van der Waals surface area contributed by atoms with Crippen molar-refractivity contribution >= 4 is 0 Å². The molecule has 0 N–H and O–H groups in total. The van der Waals surface area contributed by atoms with Gasteiger partial charge in [0.25, 0.3) is 0 Å². The van der Waals surface area contributed by atoms with E-state index in [0.29, 0.717) is 6.42 Å². The van der Waals surface area contributed by atoms with Crippen LogP contribution in [0.3, 0.4) is 0 Å². The van der Waals surface area contributed by atoms with Crippen molar-refractivity contribution in [1.29, 1.82) is 5.26 Å². The molecule has 3 nitrogen and oxygen atoms in total. The van der Waals surface area contributed by atoms with Crippen LogP contribution in [-0.4, -0.2) is 19.5 Å². The average molecular weight is 155 g/mol. The zero-order valence-electron chi connectivity index (χ0n) is 6.75. The molecule has 0 bridgehead atoms. The number of hydrogen-bond acceptors (Lipinski definition) is 3. The van der Waals surface area contributed by atoms with Crippen molar-refractivity contribution in [3.8, 4) is 6.07 Å². The number of nitrogens with zero attached hydrogens (tertiary/aromatic N) is 1. The predicted octanol–water partition coefficient (Wildman–Crippen LogP) is 1.30. The fourth-order valence-corrected chi connectivity index (χ4v) is 1.07. The first kappa shape index (κ1) is 8.51. The molecule has 0 aromatic carbocycles. The van der Waals surface area contributed by atoms with Crippen LogP contribution in [-0.2, 0) is 9.47 Å². The van der Waals surface area contributed by atoms with Crippen LogP contribution in [0, 0.1) is 17.2 Å². The molecule has 1 saturated heterocycles. The fraction of sp³-hybridized carbons (Fsp3) is 0.875. The summed E-state index contributed by atoms with van der Waals surface area (Å²) in [4.78, 5) is 0. The summed E-state index contributed by atoms with van der Waals surface area (Å²) in [6.45, 7) is 3.50. The van der Waals surface area contributed by atoms with E-state index in [-0.39, 0.29) is 12.2 Å². The summed E-state index contributed by atoms with van der Waals surface area (Å²) < 4.78 is 10.6. The van der Waals surface area contributed by atoms with Crippen LogP contribution in [0.15, 0.2) is 0 Å². The minimum Gasteiger partial charge on any atom is -0.352 e. The molecule has 0 aromatic rings. The molecule has 1 atom stereocenters. The van der Waals surface area contributed by atoms with E-state index in [1.165, 1.54) is 0 Å². The van der Waals surface area contributed by atoms with Crippen molar-refractivity contribution in [2.75, 3.05) is 13.2 Å². The van der Waals surface area contributed by atoms with E-state index in [9.17, 15) is 0 Å². The van der Waals surface area contributed by atoms with E-state index >= 15 is 0 Å². The van der Waals surface area contributed by atoms with Crippen LogP contribution in [0.25, 0.3) is 0 Å². The molecule has 62 valence electrons. The summed E-state index contributed by atoms with van der Waals surface area (Å²) in [5.41, 5.74) is 0. The van der Waals surface area contributed by atoms with Gasteiger partial charge in [-0.2, -0.15) is 5.26 Å². The summed E-state index contributed by atoms with van der Waals surface area (Å²) in [5, 5.41) is 8.41. The predicted molar refractivity (Wildman–Crippen MR) is 39.7 cm³/mol. The van der Waals surface area contributed by atoms with Gasteiger partial charge in [0.1, 0.15) is 0 Å². The van der Waals surface area contributed by atoms with Crippen LogP contribution in [0.2, 0.25) is 0 Å². The first-order chi connectivity index (χ1) is 5.34. The van der Waals surface area contributed by atoms with Gasteiger partial charge in [0.15, 0.2) is 6.29 Å². The van der Waals surface area contributed by atoms with E-state index in [2.05, 4.69) is 6.07 Å². The molecular formula is C8H13NO2. The molecule has 0 spiro atoms. The molecular weight excluding hydrogens is 142 g/mol. The molecule has 1 aliphatic heterocycles. The molecule has 1 rings (SSSR count). The Balaban J connectivity index is 2.27. The fourth-order valence-electron chi connectivity index (χ4n) is 1.07. The number of nitriles is 1. The average Bonchev–Trinajstić information content (AvgIpc) is 2.07. The van der Waals surface area contributed by atoms with Gasteiger partial charge in [0, 0.05) is 12.3 Å². The summed E-state index contributed by atoms with van der Waals surface area (Å²) in [5.74, 6) is 0.195. The highest BCUT2D eigenvalue weighted by Gasteiger charge is 2.20. The first-order valence-electron chi connectivity index (χ1n) is 3.94. The van der Waals surface area contributed by atoms with Gasteiger partial charge in [0.05, 0.1) is 19.3 Å². The number of rotatable bonds is 2. The largest absolute Gasteiger partial charge is 0.352 e. The zero-order valence-corrected chi connectivity index (χ0v) is 6.75. The summed E-state index contributed by atoms with van der Waals surface area (Å²) >= 11 is 0. The van der Waals surface area contributed by atoms with Crippen LogP contribution < -0.4 is 0 Å². The third-order valence-corrected chi connectivity index (χ3v) is 1.73. The highest BCUT2D eigenvalue weighted by atomic mass is 16.7. The lowest BCUT2D eigenvalue weighted by Gasteiger charge is -2.26. The van der Waals surface area contributed by atoms with Crippen molar-refractivity contribution < 1.29 is 9.47 Å². The molecule has 0 radical (unpaired) electrons.